The first kappa shape index (κ1) is 21.7. The molecule has 1 saturated heterocycles. The van der Waals surface area contributed by atoms with E-state index in [1.807, 2.05) is 56.3 Å². The van der Waals surface area contributed by atoms with Crippen LogP contribution in [0.25, 0.3) is 0 Å². The number of amides is 1. The van der Waals surface area contributed by atoms with Crippen LogP contribution in [0, 0.1) is 13.8 Å². The van der Waals surface area contributed by atoms with Crippen molar-refractivity contribution in [2.45, 2.75) is 26.4 Å². The number of carbonyl (C=O) groups excluding carboxylic acids is 1. The van der Waals surface area contributed by atoms with E-state index in [1.165, 1.54) is 0 Å². The van der Waals surface area contributed by atoms with Gasteiger partial charge in [-0.15, -0.1) is 0 Å². The van der Waals surface area contributed by atoms with Crippen LogP contribution in [0.4, 0.5) is 0 Å². The van der Waals surface area contributed by atoms with E-state index >= 15 is 0 Å². The Kier molecular flexibility index (Phi) is 6.80. The van der Waals surface area contributed by atoms with Crippen LogP contribution in [-0.2, 0) is 11.3 Å². The van der Waals surface area contributed by atoms with E-state index in [-0.39, 0.29) is 11.9 Å². The maximum absolute atomic E-state index is 13.1. The number of benzene rings is 1. The fourth-order valence-corrected chi connectivity index (χ4v) is 4.45. The van der Waals surface area contributed by atoms with Crippen molar-refractivity contribution in [1.29, 1.82) is 0 Å². The summed E-state index contributed by atoms with van der Waals surface area (Å²) in [6, 6.07) is 13.6. The van der Waals surface area contributed by atoms with Gasteiger partial charge >= 0.3 is 0 Å². The third-order valence-electron chi connectivity index (χ3n) is 5.92. The van der Waals surface area contributed by atoms with Crippen molar-refractivity contribution in [2.24, 2.45) is 0 Å². The summed E-state index contributed by atoms with van der Waals surface area (Å²) in [6.45, 7) is 8.04. The van der Waals surface area contributed by atoms with E-state index in [0.29, 0.717) is 36.9 Å². The van der Waals surface area contributed by atoms with Crippen LogP contribution in [0.2, 0.25) is 5.02 Å². The number of carbonyl (C=O) groups is 1. The summed E-state index contributed by atoms with van der Waals surface area (Å²) in [7, 11) is 0. The molecule has 3 aromatic rings. The molecule has 0 aliphatic carbocycles. The van der Waals surface area contributed by atoms with Gasteiger partial charge in [0.15, 0.2) is 0 Å². The van der Waals surface area contributed by atoms with Crippen LogP contribution in [-0.4, -0.2) is 48.2 Å². The predicted octanol–water partition coefficient (Wildman–Crippen LogP) is 4.20. The second-order valence-corrected chi connectivity index (χ2v) is 8.25. The maximum atomic E-state index is 13.1. The van der Waals surface area contributed by atoms with E-state index in [1.54, 1.807) is 6.26 Å². The summed E-state index contributed by atoms with van der Waals surface area (Å²) in [6.07, 6.45) is 1.66. The van der Waals surface area contributed by atoms with Gasteiger partial charge in [-0.2, -0.15) is 0 Å². The summed E-state index contributed by atoms with van der Waals surface area (Å²) in [5.41, 5.74) is 3.65. The lowest BCUT2D eigenvalue weighted by molar-refractivity contribution is 0.0162. The molecule has 2 aromatic heterocycles. The Morgan fingerprint density at radius 3 is 2.65 bits per heavy atom. The molecule has 1 amide bonds. The highest BCUT2D eigenvalue weighted by Crippen LogP contribution is 2.28. The molecule has 1 aliphatic heterocycles. The molecule has 1 unspecified atom stereocenters. The number of aryl methyl sites for hydroxylation is 1. The van der Waals surface area contributed by atoms with E-state index in [0.717, 1.165) is 35.8 Å². The fraction of sp³-hybridized carbons (Fsp3) is 0.375. The maximum Gasteiger partial charge on any atom is 0.253 e. The first-order chi connectivity index (χ1) is 15.0. The van der Waals surface area contributed by atoms with Gasteiger partial charge in [0.2, 0.25) is 0 Å². The average Bonchev–Trinajstić information content (AvgIpc) is 3.39. The highest BCUT2D eigenvalue weighted by molar-refractivity contribution is 6.31. The molecule has 1 aliphatic rings. The zero-order valence-electron chi connectivity index (χ0n) is 17.9. The predicted molar refractivity (Wildman–Crippen MR) is 121 cm³/mol. The Morgan fingerprint density at radius 1 is 1.16 bits per heavy atom. The average molecular weight is 442 g/mol. The van der Waals surface area contributed by atoms with Crippen molar-refractivity contribution >= 4 is 17.5 Å². The van der Waals surface area contributed by atoms with Gasteiger partial charge in [0, 0.05) is 36.0 Å². The second kappa shape index (κ2) is 9.73. The molecule has 4 rings (SSSR count). The SMILES string of the molecule is Cc1cc(C(=O)NCC(c2ccccc2Cl)N2CCOCC2)c(C)n1Cc1ccco1. The summed E-state index contributed by atoms with van der Waals surface area (Å²) in [5, 5.41) is 3.86. The van der Waals surface area contributed by atoms with Crippen LogP contribution in [0.1, 0.15) is 39.1 Å². The monoisotopic (exact) mass is 441 g/mol. The van der Waals surface area contributed by atoms with Crippen molar-refractivity contribution in [2.75, 3.05) is 32.8 Å². The van der Waals surface area contributed by atoms with Crippen LogP contribution >= 0.6 is 11.6 Å². The van der Waals surface area contributed by atoms with Crippen molar-refractivity contribution in [3.63, 3.8) is 0 Å². The van der Waals surface area contributed by atoms with Gasteiger partial charge in [-0.05, 0) is 43.7 Å². The topological polar surface area (TPSA) is 59.6 Å². The second-order valence-electron chi connectivity index (χ2n) is 7.85. The lowest BCUT2D eigenvalue weighted by atomic mass is 10.0. The Morgan fingerprint density at radius 2 is 1.94 bits per heavy atom. The molecule has 0 spiro atoms. The Bertz CT molecular complexity index is 1020. The normalized spacial score (nSPS) is 15.7. The van der Waals surface area contributed by atoms with Gasteiger partial charge in [-0.3, -0.25) is 9.69 Å². The smallest absolute Gasteiger partial charge is 0.253 e. The van der Waals surface area contributed by atoms with Gasteiger partial charge in [0.05, 0.1) is 37.6 Å². The first-order valence-electron chi connectivity index (χ1n) is 10.6. The molecule has 1 aromatic carbocycles. The fourth-order valence-electron chi connectivity index (χ4n) is 4.19. The summed E-state index contributed by atoms with van der Waals surface area (Å²) in [5.74, 6) is 0.781. The molecule has 1 fully saturated rings. The van der Waals surface area contributed by atoms with Gasteiger partial charge in [-0.1, -0.05) is 29.8 Å². The highest BCUT2D eigenvalue weighted by Gasteiger charge is 2.26. The van der Waals surface area contributed by atoms with E-state index in [4.69, 9.17) is 20.8 Å². The van der Waals surface area contributed by atoms with Gasteiger partial charge in [0.1, 0.15) is 5.76 Å². The molecule has 164 valence electrons. The first-order valence-corrected chi connectivity index (χ1v) is 11.0. The lowest BCUT2D eigenvalue weighted by Crippen LogP contribution is -2.44. The highest BCUT2D eigenvalue weighted by atomic mass is 35.5. The Labute approximate surface area is 187 Å². The summed E-state index contributed by atoms with van der Waals surface area (Å²) >= 11 is 6.50. The Balaban J connectivity index is 1.51. The molecule has 0 saturated carbocycles. The van der Waals surface area contributed by atoms with Gasteiger partial charge in [0.25, 0.3) is 5.91 Å². The minimum atomic E-state index is -0.0795. The van der Waals surface area contributed by atoms with Crippen LogP contribution in [0.3, 0.4) is 0 Å². The van der Waals surface area contributed by atoms with Crippen LogP contribution < -0.4 is 5.32 Å². The third-order valence-corrected chi connectivity index (χ3v) is 6.26. The van der Waals surface area contributed by atoms with Crippen molar-refractivity contribution in [3.8, 4) is 0 Å². The van der Waals surface area contributed by atoms with E-state index < -0.39 is 0 Å². The van der Waals surface area contributed by atoms with Crippen molar-refractivity contribution in [1.82, 2.24) is 14.8 Å². The molecule has 1 N–H and O–H groups in total. The summed E-state index contributed by atoms with van der Waals surface area (Å²) < 4.78 is 13.1. The molecule has 0 bridgehead atoms. The summed E-state index contributed by atoms with van der Waals surface area (Å²) in [4.78, 5) is 15.4. The molecular formula is C24H28ClN3O3. The number of hydrogen-bond acceptors (Lipinski definition) is 4. The van der Waals surface area contributed by atoms with Gasteiger partial charge < -0.3 is 19.0 Å². The Hall–Kier alpha value is -2.54. The number of rotatable bonds is 7. The molecule has 6 nitrogen and oxygen atoms in total. The molecule has 7 heteroatoms. The minimum Gasteiger partial charge on any atom is -0.467 e. The zero-order chi connectivity index (χ0) is 21.8. The zero-order valence-corrected chi connectivity index (χ0v) is 18.7. The van der Waals surface area contributed by atoms with Gasteiger partial charge in [-0.25, -0.2) is 0 Å². The number of nitrogens with one attached hydrogen (secondary N) is 1. The lowest BCUT2D eigenvalue weighted by Gasteiger charge is -2.35. The van der Waals surface area contributed by atoms with Crippen molar-refractivity contribution in [3.05, 3.63) is 82.0 Å². The minimum absolute atomic E-state index is 0.00634. The number of aromatic nitrogens is 1. The molecular weight excluding hydrogens is 414 g/mol. The molecule has 1 atom stereocenters. The largest absolute Gasteiger partial charge is 0.467 e. The number of nitrogens with zero attached hydrogens (tertiary/aromatic N) is 2. The number of morpholine rings is 1. The standard InChI is InChI=1S/C24H28ClN3O3/c1-17-14-21(18(2)28(17)16-19-6-5-11-31-19)24(29)26-15-23(27-9-12-30-13-10-27)20-7-3-4-8-22(20)25/h3-8,11,14,23H,9-10,12-13,15-16H2,1-2H3,(H,26,29). The number of hydrogen-bond donors (Lipinski definition) is 1. The number of ether oxygens (including phenoxy) is 1. The van der Waals surface area contributed by atoms with E-state index in [9.17, 15) is 4.79 Å². The van der Waals surface area contributed by atoms with Crippen molar-refractivity contribution < 1.29 is 13.9 Å². The van der Waals surface area contributed by atoms with Crippen LogP contribution in [0.5, 0.6) is 0 Å². The quantitative estimate of drug-likeness (QED) is 0.596. The number of furan rings is 1. The molecule has 31 heavy (non-hydrogen) atoms. The third kappa shape index (κ3) is 4.87. The van der Waals surface area contributed by atoms with E-state index in [2.05, 4.69) is 14.8 Å². The molecule has 0 radical (unpaired) electrons. The molecule has 3 heterocycles. The van der Waals surface area contributed by atoms with Crippen LogP contribution in [0.15, 0.2) is 53.1 Å². The number of halogens is 1.